The second kappa shape index (κ2) is 6.52. The van der Waals surface area contributed by atoms with Gasteiger partial charge in [0.15, 0.2) is 0 Å². The highest BCUT2D eigenvalue weighted by Crippen LogP contribution is 2.44. The Morgan fingerprint density at radius 1 is 1.12 bits per heavy atom. The first-order valence-corrected chi connectivity index (χ1v) is 8.92. The van der Waals surface area contributed by atoms with Gasteiger partial charge in [0.2, 0.25) is 0 Å². The molecule has 4 rings (SSSR count). The summed E-state index contributed by atoms with van der Waals surface area (Å²) in [5, 5.41) is 10.6. The van der Waals surface area contributed by atoms with Gasteiger partial charge in [-0.2, -0.15) is 0 Å². The molecule has 1 saturated heterocycles. The molecular weight excluding hydrogens is 314 g/mol. The zero-order valence-corrected chi connectivity index (χ0v) is 14.2. The van der Waals surface area contributed by atoms with Gasteiger partial charge in [0.25, 0.3) is 5.91 Å². The van der Waals surface area contributed by atoms with Gasteiger partial charge in [-0.05, 0) is 55.0 Å². The van der Waals surface area contributed by atoms with Crippen molar-refractivity contribution in [3.8, 4) is 5.75 Å². The first kappa shape index (κ1) is 16.2. The highest BCUT2D eigenvalue weighted by atomic mass is 16.5. The van der Waals surface area contributed by atoms with E-state index in [1.165, 1.54) is 0 Å². The third-order valence-electron chi connectivity index (χ3n) is 5.25. The molecule has 4 heteroatoms. The first-order valence-electron chi connectivity index (χ1n) is 8.92. The summed E-state index contributed by atoms with van der Waals surface area (Å²) in [6.45, 7) is 1.59. The quantitative estimate of drug-likeness (QED) is 0.911. The summed E-state index contributed by atoms with van der Waals surface area (Å²) in [6, 6.07) is 17.2. The third kappa shape index (κ3) is 3.54. The van der Waals surface area contributed by atoms with Crippen molar-refractivity contribution >= 4 is 5.91 Å². The lowest BCUT2D eigenvalue weighted by molar-refractivity contribution is 0.0257. The number of β-amino-alcohol motifs (C(OH)–C–C–N with tert-alkyl or cyclic N) is 1. The van der Waals surface area contributed by atoms with Gasteiger partial charge in [0.05, 0.1) is 12.1 Å². The molecule has 0 radical (unpaired) electrons. The average Bonchev–Trinajstić information content (AvgIpc) is 3.44. The highest BCUT2D eigenvalue weighted by molar-refractivity contribution is 5.94. The van der Waals surface area contributed by atoms with E-state index in [0.29, 0.717) is 37.6 Å². The molecule has 0 aromatic heterocycles. The van der Waals surface area contributed by atoms with Crippen LogP contribution in [0.25, 0.3) is 0 Å². The van der Waals surface area contributed by atoms with Gasteiger partial charge in [-0.3, -0.25) is 4.79 Å². The molecule has 1 heterocycles. The number of carbonyl (C=O) groups excluding carboxylic acids is 1. The van der Waals surface area contributed by atoms with Gasteiger partial charge in [-0.15, -0.1) is 0 Å². The fraction of sp³-hybridized carbons (Fsp3) is 0.381. The summed E-state index contributed by atoms with van der Waals surface area (Å²) in [5.74, 6) is 1.23. The van der Waals surface area contributed by atoms with Crippen LogP contribution in [-0.4, -0.2) is 34.6 Å². The molecule has 1 unspecified atom stereocenters. The SMILES string of the molecule is O=C(c1ccc(COc2ccccc2)cc1)N1CCC(O)(C2CC2)C1. The van der Waals surface area contributed by atoms with Crippen LogP contribution in [0.2, 0.25) is 0 Å². The summed E-state index contributed by atoms with van der Waals surface area (Å²) in [6.07, 6.45) is 2.88. The Hall–Kier alpha value is -2.33. The molecule has 1 amide bonds. The second-order valence-electron chi connectivity index (χ2n) is 7.15. The average molecular weight is 337 g/mol. The molecule has 2 fully saturated rings. The lowest BCUT2D eigenvalue weighted by Crippen LogP contribution is -2.37. The minimum Gasteiger partial charge on any atom is -0.489 e. The number of benzene rings is 2. The maximum absolute atomic E-state index is 12.7. The Bertz CT molecular complexity index is 739. The van der Waals surface area contributed by atoms with Crippen LogP contribution in [-0.2, 0) is 6.61 Å². The number of nitrogens with zero attached hydrogens (tertiary/aromatic N) is 1. The lowest BCUT2D eigenvalue weighted by Gasteiger charge is -2.23. The number of para-hydroxylation sites is 1. The monoisotopic (exact) mass is 337 g/mol. The number of carbonyl (C=O) groups is 1. The molecule has 1 atom stereocenters. The molecule has 1 N–H and O–H groups in total. The Balaban J connectivity index is 1.36. The number of rotatable bonds is 5. The molecule has 2 aliphatic rings. The largest absolute Gasteiger partial charge is 0.489 e. The summed E-state index contributed by atoms with van der Waals surface area (Å²) in [5.41, 5.74) is 1.04. The van der Waals surface area contributed by atoms with Crippen molar-refractivity contribution in [3.63, 3.8) is 0 Å². The fourth-order valence-electron chi connectivity index (χ4n) is 3.55. The van der Waals surface area contributed by atoms with Gasteiger partial charge in [0, 0.05) is 12.1 Å². The molecule has 1 saturated carbocycles. The molecule has 1 aliphatic heterocycles. The molecule has 4 nitrogen and oxygen atoms in total. The third-order valence-corrected chi connectivity index (χ3v) is 5.25. The van der Waals surface area contributed by atoms with E-state index in [9.17, 15) is 9.90 Å². The normalized spacial score (nSPS) is 22.8. The van der Waals surface area contributed by atoms with Crippen molar-refractivity contribution < 1.29 is 14.6 Å². The van der Waals surface area contributed by atoms with Crippen LogP contribution in [0.1, 0.15) is 35.2 Å². The van der Waals surface area contributed by atoms with E-state index >= 15 is 0 Å². The Kier molecular flexibility index (Phi) is 4.22. The van der Waals surface area contributed by atoms with E-state index in [4.69, 9.17) is 4.74 Å². The number of aliphatic hydroxyl groups is 1. The van der Waals surface area contributed by atoms with Crippen molar-refractivity contribution in [2.75, 3.05) is 13.1 Å². The first-order chi connectivity index (χ1) is 12.1. The Morgan fingerprint density at radius 3 is 2.52 bits per heavy atom. The maximum atomic E-state index is 12.7. The van der Waals surface area contributed by atoms with Crippen molar-refractivity contribution in [2.45, 2.75) is 31.5 Å². The van der Waals surface area contributed by atoms with Crippen molar-refractivity contribution in [1.82, 2.24) is 4.90 Å². The second-order valence-corrected chi connectivity index (χ2v) is 7.15. The smallest absolute Gasteiger partial charge is 0.253 e. The summed E-state index contributed by atoms with van der Waals surface area (Å²) in [4.78, 5) is 14.4. The topological polar surface area (TPSA) is 49.8 Å². The summed E-state index contributed by atoms with van der Waals surface area (Å²) < 4.78 is 5.72. The fourth-order valence-corrected chi connectivity index (χ4v) is 3.55. The van der Waals surface area contributed by atoms with Gasteiger partial charge >= 0.3 is 0 Å². The number of hydrogen-bond acceptors (Lipinski definition) is 3. The number of likely N-dealkylation sites (tertiary alicyclic amines) is 1. The zero-order valence-electron chi connectivity index (χ0n) is 14.2. The lowest BCUT2D eigenvalue weighted by atomic mass is 9.97. The van der Waals surface area contributed by atoms with Crippen LogP contribution < -0.4 is 4.74 Å². The number of amides is 1. The van der Waals surface area contributed by atoms with Crippen LogP contribution in [0.5, 0.6) is 5.75 Å². The molecule has 25 heavy (non-hydrogen) atoms. The van der Waals surface area contributed by atoms with E-state index in [2.05, 4.69) is 0 Å². The molecule has 1 aliphatic carbocycles. The molecule has 0 bridgehead atoms. The van der Waals surface area contributed by atoms with Gasteiger partial charge in [-0.25, -0.2) is 0 Å². The standard InChI is InChI=1S/C21H23NO3/c23-20(22-13-12-21(24,15-22)18-10-11-18)17-8-6-16(7-9-17)14-25-19-4-2-1-3-5-19/h1-9,18,24H,10-15H2. The minimum atomic E-state index is -0.654. The summed E-state index contributed by atoms with van der Waals surface area (Å²) >= 11 is 0. The van der Waals surface area contributed by atoms with Crippen molar-refractivity contribution in [1.29, 1.82) is 0 Å². The van der Waals surface area contributed by atoms with Crippen LogP contribution in [0, 0.1) is 5.92 Å². The van der Waals surface area contributed by atoms with E-state index < -0.39 is 5.60 Å². The zero-order chi connectivity index (χ0) is 17.3. The van der Waals surface area contributed by atoms with Gasteiger partial charge in [0.1, 0.15) is 12.4 Å². The number of hydrogen-bond donors (Lipinski definition) is 1. The predicted octanol–water partition coefficient (Wildman–Crippen LogP) is 3.25. The number of ether oxygens (including phenoxy) is 1. The molecule has 2 aromatic carbocycles. The maximum Gasteiger partial charge on any atom is 0.253 e. The predicted molar refractivity (Wildman–Crippen MR) is 95.4 cm³/mol. The minimum absolute atomic E-state index is 0.00658. The molecular formula is C21H23NO3. The van der Waals surface area contributed by atoms with Crippen LogP contribution in [0.3, 0.4) is 0 Å². The van der Waals surface area contributed by atoms with Crippen LogP contribution in [0.15, 0.2) is 54.6 Å². The van der Waals surface area contributed by atoms with E-state index in [1.807, 2.05) is 54.6 Å². The van der Waals surface area contributed by atoms with Crippen LogP contribution in [0.4, 0.5) is 0 Å². The van der Waals surface area contributed by atoms with Crippen LogP contribution >= 0.6 is 0 Å². The van der Waals surface area contributed by atoms with E-state index in [1.54, 1.807) is 4.90 Å². The Labute approximate surface area is 148 Å². The van der Waals surface area contributed by atoms with Crippen molar-refractivity contribution in [3.05, 3.63) is 65.7 Å². The van der Waals surface area contributed by atoms with E-state index in [0.717, 1.165) is 24.2 Å². The molecule has 0 spiro atoms. The molecule has 130 valence electrons. The van der Waals surface area contributed by atoms with Crippen molar-refractivity contribution in [2.24, 2.45) is 5.92 Å². The Morgan fingerprint density at radius 2 is 1.84 bits per heavy atom. The molecule has 2 aromatic rings. The summed E-state index contributed by atoms with van der Waals surface area (Å²) in [7, 11) is 0. The highest BCUT2D eigenvalue weighted by Gasteiger charge is 2.48. The van der Waals surface area contributed by atoms with Gasteiger partial charge in [-0.1, -0.05) is 30.3 Å². The van der Waals surface area contributed by atoms with E-state index in [-0.39, 0.29) is 5.91 Å². The van der Waals surface area contributed by atoms with Gasteiger partial charge < -0.3 is 14.7 Å².